The van der Waals surface area contributed by atoms with Crippen molar-refractivity contribution in [3.8, 4) is 34.1 Å². The summed E-state index contributed by atoms with van der Waals surface area (Å²) < 4.78 is 25.3. The lowest BCUT2D eigenvalue weighted by Gasteiger charge is -2.24. The van der Waals surface area contributed by atoms with E-state index in [2.05, 4.69) is 10.2 Å². The molecule has 0 atom stereocenters. The molecule has 0 N–H and O–H groups in total. The van der Waals surface area contributed by atoms with Crippen LogP contribution < -0.4 is 24.5 Å². The molecule has 258 valence electrons. The summed E-state index contributed by atoms with van der Waals surface area (Å²) in [4.78, 5) is 29.9. The lowest BCUT2D eigenvalue weighted by Crippen LogP contribution is -2.37. The van der Waals surface area contributed by atoms with E-state index < -0.39 is 0 Å². The highest BCUT2D eigenvalue weighted by atomic mass is 16.5. The molecule has 0 saturated heterocycles. The number of benzene rings is 4. The number of ketones is 1. The van der Waals surface area contributed by atoms with E-state index in [9.17, 15) is 9.59 Å². The van der Waals surface area contributed by atoms with Gasteiger partial charge in [0.05, 0.1) is 39.5 Å². The van der Waals surface area contributed by atoms with Gasteiger partial charge in [0.15, 0.2) is 0 Å². The van der Waals surface area contributed by atoms with Crippen LogP contribution in [0, 0.1) is 0 Å². The Morgan fingerprint density at radius 2 is 1.22 bits per heavy atom. The van der Waals surface area contributed by atoms with Gasteiger partial charge in [-0.3, -0.25) is 14.2 Å². The summed E-state index contributed by atoms with van der Waals surface area (Å²) in [5.74, 6) is 2.63. The first kappa shape index (κ1) is 33.2. The number of pyridine rings is 1. The van der Waals surface area contributed by atoms with Gasteiger partial charge < -0.3 is 28.4 Å². The Bertz CT molecular complexity index is 2370. The molecule has 0 saturated carbocycles. The number of amidine groups is 1. The Kier molecular flexibility index (Phi) is 8.78. The average molecular weight is 684 g/mol. The number of carbonyl (C=O) groups excluding carboxylic acids is 1. The fourth-order valence-corrected chi connectivity index (χ4v) is 6.65. The third-order valence-corrected chi connectivity index (χ3v) is 9.35. The Hall–Kier alpha value is -6.36. The topological polar surface area (TPSA) is 109 Å². The van der Waals surface area contributed by atoms with E-state index in [1.165, 1.54) is 0 Å². The largest absolute Gasteiger partial charge is 0.497 e. The van der Waals surface area contributed by atoms with Crippen molar-refractivity contribution >= 4 is 39.3 Å². The summed E-state index contributed by atoms with van der Waals surface area (Å²) in [5.41, 5.74) is 5.46. The number of aromatic nitrogens is 2. The van der Waals surface area contributed by atoms with Crippen molar-refractivity contribution in [3.05, 3.63) is 118 Å². The van der Waals surface area contributed by atoms with Crippen molar-refractivity contribution in [1.82, 2.24) is 14.0 Å². The van der Waals surface area contributed by atoms with E-state index >= 15 is 0 Å². The van der Waals surface area contributed by atoms with E-state index in [-0.39, 0.29) is 22.9 Å². The molecule has 0 aliphatic carbocycles. The highest BCUT2D eigenvalue weighted by Crippen LogP contribution is 2.36. The minimum Gasteiger partial charge on any atom is -0.497 e. The Morgan fingerprint density at radius 3 is 1.80 bits per heavy atom. The Morgan fingerprint density at radius 1 is 0.608 bits per heavy atom. The molecule has 4 aromatic carbocycles. The second-order valence-corrected chi connectivity index (χ2v) is 12.3. The van der Waals surface area contributed by atoms with Crippen LogP contribution in [0.1, 0.15) is 16.7 Å². The van der Waals surface area contributed by atoms with E-state index in [4.69, 9.17) is 18.9 Å². The van der Waals surface area contributed by atoms with E-state index in [0.717, 1.165) is 44.6 Å². The second-order valence-electron chi connectivity index (χ2n) is 12.3. The number of hydrogen-bond acceptors (Lipinski definition) is 9. The summed E-state index contributed by atoms with van der Waals surface area (Å²) >= 11 is 0. The molecule has 7 rings (SSSR count). The Balaban J connectivity index is 1.26. The first-order valence-corrected chi connectivity index (χ1v) is 16.3. The van der Waals surface area contributed by atoms with Gasteiger partial charge in [-0.2, -0.15) is 0 Å². The van der Waals surface area contributed by atoms with Gasteiger partial charge in [0.1, 0.15) is 34.4 Å². The van der Waals surface area contributed by atoms with Crippen molar-refractivity contribution in [2.75, 3.05) is 28.4 Å². The molecule has 0 radical (unpaired) electrons. The fourth-order valence-electron chi connectivity index (χ4n) is 6.65. The number of hydrogen-bond donors (Lipinski definition) is 0. The van der Waals surface area contributed by atoms with E-state index in [1.54, 1.807) is 52.2 Å². The first-order valence-electron chi connectivity index (χ1n) is 16.3. The summed E-state index contributed by atoms with van der Waals surface area (Å²) in [6.45, 7) is 0.856. The van der Waals surface area contributed by atoms with Crippen LogP contribution in [0.15, 0.2) is 106 Å². The fraction of sp³-hybridized carbons (Fsp3) is 0.200. The molecule has 0 spiro atoms. The van der Waals surface area contributed by atoms with Gasteiger partial charge in [-0.25, -0.2) is 0 Å². The van der Waals surface area contributed by atoms with Crippen molar-refractivity contribution in [3.63, 3.8) is 0 Å². The third-order valence-electron chi connectivity index (χ3n) is 9.35. The van der Waals surface area contributed by atoms with Crippen LogP contribution in [0.25, 0.3) is 33.1 Å². The normalized spacial score (nSPS) is 12.6. The predicted octanol–water partition coefficient (Wildman–Crippen LogP) is 6.12. The van der Waals surface area contributed by atoms with Gasteiger partial charge >= 0.3 is 0 Å². The minimum atomic E-state index is -0.271. The zero-order valence-corrected chi connectivity index (χ0v) is 29.3. The maximum Gasteiger partial charge on any atom is 0.259 e. The first-order chi connectivity index (χ1) is 24.7. The average Bonchev–Trinajstić information content (AvgIpc) is 3.69. The second kappa shape index (κ2) is 13.5. The number of rotatable bonds is 10. The third kappa shape index (κ3) is 5.96. The van der Waals surface area contributed by atoms with E-state index in [0.29, 0.717) is 41.3 Å². The maximum absolute atomic E-state index is 14.2. The molecular formula is C40H37N5O6. The summed E-state index contributed by atoms with van der Waals surface area (Å²) in [5, 5.41) is 10.6. The zero-order chi connectivity index (χ0) is 35.8. The van der Waals surface area contributed by atoms with Crippen LogP contribution in [0.5, 0.6) is 23.0 Å². The molecule has 3 heterocycles. The molecule has 51 heavy (non-hydrogen) atoms. The number of carbonyl (C=O) groups is 1. The number of fused-ring (bicyclic) bond motifs is 3. The number of ether oxygens (including phenoxy) is 4. The smallest absolute Gasteiger partial charge is 0.259 e. The molecule has 11 heteroatoms. The van der Waals surface area contributed by atoms with Crippen molar-refractivity contribution in [1.29, 1.82) is 0 Å². The lowest BCUT2D eigenvalue weighted by atomic mass is 10.0. The number of methoxy groups -OCH3 is 4. The minimum absolute atomic E-state index is 0.167. The van der Waals surface area contributed by atoms with Crippen LogP contribution in [0.4, 0.5) is 0 Å². The van der Waals surface area contributed by atoms with Crippen molar-refractivity contribution < 1.29 is 23.7 Å². The van der Waals surface area contributed by atoms with Gasteiger partial charge in [-0.1, -0.05) is 30.3 Å². The van der Waals surface area contributed by atoms with Gasteiger partial charge in [0.25, 0.3) is 11.3 Å². The maximum atomic E-state index is 14.2. The zero-order valence-electron chi connectivity index (χ0n) is 29.3. The molecule has 6 aromatic rings. The molecule has 2 aromatic heterocycles. The summed E-state index contributed by atoms with van der Waals surface area (Å²) in [6.07, 6.45) is 0. The van der Waals surface area contributed by atoms with Gasteiger partial charge in [0.2, 0.25) is 5.84 Å². The summed E-state index contributed by atoms with van der Waals surface area (Å²) in [6, 6.07) is 28.5. The van der Waals surface area contributed by atoms with E-state index in [1.807, 2.05) is 95.4 Å². The molecule has 0 bridgehead atoms. The Labute approximate surface area is 294 Å². The molecular weight excluding hydrogens is 646 g/mol. The van der Waals surface area contributed by atoms with Crippen LogP contribution in [-0.4, -0.2) is 59.8 Å². The molecule has 0 amide bonds. The lowest BCUT2D eigenvalue weighted by molar-refractivity contribution is -0.107. The van der Waals surface area contributed by atoms with Gasteiger partial charge in [-0.15, -0.1) is 10.2 Å². The van der Waals surface area contributed by atoms with Crippen molar-refractivity contribution in [2.24, 2.45) is 24.3 Å². The van der Waals surface area contributed by atoms with Crippen LogP contribution >= 0.6 is 0 Å². The van der Waals surface area contributed by atoms with Gasteiger partial charge in [-0.05, 0) is 65.7 Å². The molecule has 11 nitrogen and oxygen atoms in total. The van der Waals surface area contributed by atoms with Crippen LogP contribution in [-0.2, 0) is 32.0 Å². The highest BCUT2D eigenvalue weighted by Gasteiger charge is 2.31. The quantitative estimate of drug-likeness (QED) is 0.171. The number of aryl methyl sites for hydroxylation is 2. The summed E-state index contributed by atoms with van der Waals surface area (Å²) in [7, 11) is 10.1. The van der Waals surface area contributed by atoms with Crippen LogP contribution in [0.2, 0.25) is 0 Å². The standard InChI is InChI=1S/C40H37N5O6/c1-43-34-18-11-26(19-31(34)32-21-33(40(47)44(2)39(32)43)30-17-16-29(50-5)20-35(30)51-6)36-37(46)38(42-41-36)45(22-24-7-12-27(48-3)13-8-24)23-25-9-14-28(49-4)15-10-25/h7-21H,22-23H2,1-6H3. The van der Waals surface area contributed by atoms with Crippen LogP contribution in [0.3, 0.4) is 0 Å². The number of nitrogens with zero attached hydrogens (tertiary/aromatic N) is 5. The van der Waals surface area contributed by atoms with Gasteiger partial charge in [0, 0.05) is 55.2 Å². The number of Topliss-reactive ketones (excluding diaryl/α,β-unsaturated/α-hetero) is 1. The molecule has 1 aliphatic rings. The van der Waals surface area contributed by atoms with Crippen molar-refractivity contribution in [2.45, 2.75) is 13.1 Å². The molecule has 0 unspecified atom stereocenters. The monoisotopic (exact) mass is 683 g/mol. The predicted molar refractivity (Wildman–Crippen MR) is 198 cm³/mol. The highest BCUT2D eigenvalue weighted by molar-refractivity contribution is 6.70. The molecule has 1 aliphatic heterocycles. The molecule has 0 fully saturated rings. The SMILES string of the molecule is COc1ccc(CN(Cc2ccc(OC)cc2)C2=NN=C(c3ccc4c(c3)c3cc(-c5ccc(OC)cc5OC)c(=O)n(C)c3n4C)C2=O)cc1.